The molecule has 1 saturated heterocycles. The van der Waals surface area contributed by atoms with E-state index in [0.29, 0.717) is 17.2 Å². The molecule has 0 aliphatic carbocycles. The molecule has 1 aliphatic heterocycles. The number of nitrogen functional groups attached to an aromatic ring is 1. The third-order valence-electron chi connectivity index (χ3n) is 4.28. The van der Waals surface area contributed by atoms with E-state index in [1.807, 2.05) is 20.8 Å². The summed E-state index contributed by atoms with van der Waals surface area (Å²) in [6, 6.07) is 9.46. The maximum absolute atomic E-state index is 13.1. The number of nitrogens with two attached hydrogens (primary N) is 1. The fourth-order valence-corrected chi connectivity index (χ4v) is 4.15. The fraction of sp³-hybridized carbons (Fsp3) is 0.381. The van der Waals surface area contributed by atoms with Gasteiger partial charge in [0.15, 0.2) is 0 Å². The van der Waals surface area contributed by atoms with Gasteiger partial charge in [0.25, 0.3) is 0 Å². The summed E-state index contributed by atoms with van der Waals surface area (Å²) < 4.78 is 26.3. The van der Waals surface area contributed by atoms with Crippen LogP contribution in [0.5, 0.6) is 0 Å². The van der Waals surface area contributed by atoms with Crippen molar-refractivity contribution >= 4 is 21.3 Å². The number of nitrogens with zero attached hydrogens (tertiary/aromatic N) is 2. The van der Waals surface area contributed by atoms with Crippen LogP contribution in [0.25, 0.3) is 0 Å². The topological polar surface area (TPSA) is 76.3 Å². The summed E-state index contributed by atoms with van der Waals surface area (Å²) in [4.78, 5) is 7.15. The van der Waals surface area contributed by atoms with Gasteiger partial charge in [-0.1, -0.05) is 5.92 Å². The van der Waals surface area contributed by atoms with Crippen LogP contribution in [0.1, 0.15) is 39.3 Å². The quantitative estimate of drug-likeness (QED) is 0.648. The summed E-state index contributed by atoms with van der Waals surface area (Å²) in [7, 11) is -3.67. The zero-order valence-corrected chi connectivity index (χ0v) is 16.8. The van der Waals surface area contributed by atoms with Crippen LogP contribution >= 0.6 is 0 Å². The summed E-state index contributed by atoms with van der Waals surface area (Å²) in [6.45, 7) is 7.79. The Hall–Kier alpha value is -2.52. The van der Waals surface area contributed by atoms with Gasteiger partial charge in [-0.05, 0) is 75.9 Å². The molecule has 2 N–H and O–H groups in total. The second kappa shape index (κ2) is 7.24. The maximum Gasteiger partial charge on any atom is 0.206 e. The molecule has 2 aromatic rings. The minimum absolute atomic E-state index is 0.193. The lowest BCUT2D eigenvalue weighted by Gasteiger charge is -2.18. The van der Waals surface area contributed by atoms with Gasteiger partial charge in [-0.15, -0.1) is 0 Å². The Morgan fingerprint density at radius 2 is 1.67 bits per heavy atom. The predicted octanol–water partition coefficient (Wildman–Crippen LogP) is 3.49. The molecule has 1 aromatic carbocycles. The van der Waals surface area contributed by atoms with Gasteiger partial charge in [0.05, 0.1) is 9.79 Å². The Bertz CT molecular complexity index is 988. The van der Waals surface area contributed by atoms with Gasteiger partial charge in [0, 0.05) is 24.2 Å². The number of hydrogen-bond acceptors (Lipinski definition) is 5. The third kappa shape index (κ3) is 4.61. The first-order valence-corrected chi connectivity index (χ1v) is 10.5. The van der Waals surface area contributed by atoms with Crippen LogP contribution in [0.15, 0.2) is 46.2 Å². The Kier molecular flexibility index (Phi) is 5.16. The Balaban J connectivity index is 2.11. The molecule has 1 aliphatic rings. The molecule has 0 atom stereocenters. The summed E-state index contributed by atoms with van der Waals surface area (Å²) in [6.07, 6.45) is 2.17. The smallest absolute Gasteiger partial charge is 0.206 e. The second-order valence-electron chi connectivity index (χ2n) is 7.81. The molecule has 2 heterocycles. The van der Waals surface area contributed by atoms with Crippen molar-refractivity contribution in [2.45, 2.75) is 43.4 Å². The number of benzene rings is 1. The molecule has 0 amide bonds. The van der Waals surface area contributed by atoms with Crippen LogP contribution in [0, 0.1) is 17.3 Å². The highest BCUT2D eigenvalue weighted by Gasteiger charge is 2.22. The van der Waals surface area contributed by atoms with Crippen LogP contribution in [-0.2, 0) is 9.84 Å². The number of rotatable bonds is 3. The predicted molar refractivity (Wildman–Crippen MR) is 108 cm³/mol. The van der Waals surface area contributed by atoms with Crippen molar-refractivity contribution < 1.29 is 8.42 Å². The molecule has 1 fully saturated rings. The van der Waals surface area contributed by atoms with Crippen LogP contribution in [0.3, 0.4) is 0 Å². The first-order chi connectivity index (χ1) is 12.6. The molecule has 0 unspecified atom stereocenters. The second-order valence-corrected chi connectivity index (χ2v) is 9.76. The molecule has 0 saturated carbocycles. The van der Waals surface area contributed by atoms with Crippen LogP contribution < -0.4 is 10.6 Å². The van der Waals surface area contributed by atoms with Crippen LogP contribution in [0.2, 0.25) is 0 Å². The molecule has 0 spiro atoms. The van der Waals surface area contributed by atoms with Crippen molar-refractivity contribution in [2.24, 2.45) is 5.41 Å². The van der Waals surface area contributed by atoms with Gasteiger partial charge in [-0.2, -0.15) is 0 Å². The van der Waals surface area contributed by atoms with E-state index in [9.17, 15) is 8.42 Å². The minimum atomic E-state index is -3.67. The van der Waals surface area contributed by atoms with E-state index in [0.717, 1.165) is 25.9 Å². The normalized spacial score (nSPS) is 14.7. The zero-order chi connectivity index (χ0) is 19.7. The highest BCUT2D eigenvalue weighted by atomic mass is 32.2. The lowest BCUT2D eigenvalue weighted by Crippen LogP contribution is -2.20. The van der Waals surface area contributed by atoms with Crippen LogP contribution in [-0.4, -0.2) is 26.5 Å². The first kappa shape index (κ1) is 19.2. The molecule has 142 valence electrons. The molecule has 5 nitrogen and oxygen atoms in total. The SMILES string of the molecule is CC(C)(C)C#Cc1cc(S(=O)(=O)c2ccc(N)cc2)cc(N2CCCC2)n1. The largest absolute Gasteiger partial charge is 0.399 e. The Labute approximate surface area is 161 Å². The number of anilines is 2. The van der Waals surface area contributed by atoms with E-state index in [4.69, 9.17) is 5.73 Å². The maximum atomic E-state index is 13.1. The van der Waals surface area contributed by atoms with E-state index >= 15 is 0 Å². The number of hydrogen-bond donors (Lipinski definition) is 1. The van der Waals surface area contributed by atoms with Gasteiger partial charge in [0.2, 0.25) is 9.84 Å². The molecule has 3 rings (SSSR count). The van der Waals surface area contributed by atoms with Crippen molar-refractivity contribution in [3.63, 3.8) is 0 Å². The molecule has 0 bridgehead atoms. The van der Waals surface area contributed by atoms with Gasteiger partial charge < -0.3 is 10.6 Å². The van der Waals surface area contributed by atoms with Crippen molar-refractivity contribution in [1.82, 2.24) is 4.98 Å². The van der Waals surface area contributed by atoms with Gasteiger partial charge in [0.1, 0.15) is 11.5 Å². The van der Waals surface area contributed by atoms with E-state index < -0.39 is 9.84 Å². The van der Waals surface area contributed by atoms with Crippen molar-refractivity contribution in [1.29, 1.82) is 0 Å². The lowest BCUT2D eigenvalue weighted by molar-refractivity contribution is 0.571. The lowest BCUT2D eigenvalue weighted by atomic mass is 9.98. The number of pyridine rings is 1. The van der Waals surface area contributed by atoms with Crippen molar-refractivity contribution in [2.75, 3.05) is 23.7 Å². The molecule has 1 aromatic heterocycles. The monoisotopic (exact) mass is 383 g/mol. The average molecular weight is 384 g/mol. The number of aromatic nitrogens is 1. The highest BCUT2D eigenvalue weighted by molar-refractivity contribution is 7.91. The minimum Gasteiger partial charge on any atom is -0.399 e. The molecular formula is C21H25N3O2S. The average Bonchev–Trinajstić information content (AvgIpc) is 3.14. The van der Waals surface area contributed by atoms with Crippen molar-refractivity contribution in [3.8, 4) is 11.8 Å². The zero-order valence-electron chi connectivity index (χ0n) is 16.0. The van der Waals surface area contributed by atoms with E-state index in [-0.39, 0.29) is 15.2 Å². The molecule has 6 heteroatoms. The third-order valence-corrected chi connectivity index (χ3v) is 6.03. The molecule has 27 heavy (non-hydrogen) atoms. The summed E-state index contributed by atoms with van der Waals surface area (Å²) in [5.74, 6) is 6.86. The van der Waals surface area contributed by atoms with Crippen molar-refractivity contribution in [3.05, 3.63) is 42.1 Å². The van der Waals surface area contributed by atoms with Gasteiger partial charge in [-0.3, -0.25) is 0 Å². The van der Waals surface area contributed by atoms with Gasteiger partial charge in [-0.25, -0.2) is 13.4 Å². The van der Waals surface area contributed by atoms with E-state index in [1.165, 1.54) is 12.1 Å². The summed E-state index contributed by atoms with van der Waals surface area (Å²) >= 11 is 0. The highest BCUT2D eigenvalue weighted by Crippen LogP contribution is 2.27. The first-order valence-electron chi connectivity index (χ1n) is 9.06. The summed E-state index contributed by atoms with van der Waals surface area (Å²) in [5.41, 5.74) is 6.50. The summed E-state index contributed by atoms with van der Waals surface area (Å²) in [5, 5.41) is 0. The number of sulfone groups is 1. The van der Waals surface area contributed by atoms with Gasteiger partial charge >= 0.3 is 0 Å². The van der Waals surface area contributed by atoms with E-state index in [1.54, 1.807) is 24.3 Å². The standard InChI is InChI=1S/C21H25N3O2S/c1-21(2,3)11-10-17-14-19(15-20(23-17)24-12-4-5-13-24)27(25,26)18-8-6-16(22)7-9-18/h6-9,14-15H,4-5,12-13,22H2,1-3H3. The molecule has 0 radical (unpaired) electrons. The Morgan fingerprint density at radius 3 is 2.26 bits per heavy atom. The fourth-order valence-electron chi connectivity index (χ4n) is 2.85. The molecular weight excluding hydrogens is 358 g/mol. The Morgan fingerprint density at radius 1 is 1.04 bits per heavy atom. The van der Waals surface area contributed by atoms with Crippen LogP contribution in [0.4, 0.5) is 11.5 Å². The van der Waals surface area contributed by atoms with E-state index in [2.05, 4.69) is 21.7 Å².